The van der Waals surface area contributed by atoms with Crippen molar-refractivity contribution in [2.24, 2.45) is 0 Å². The molecule has 0 amide bonds. The molecule has 0 aliphatic heterocycles. The molecule has 0 spiro atoms. The van der Waals surface area contributed by atoms with Gasteiger partial charge in [-0.3, -0.25) is 14.9 Å². The Kier molecular flexibility index (Phi) is 2.70. The first-order valence-corrected chi connectivity index (χ1v) is 6.43. The van der Waals surface area contributed by atoms with E-state index >= 15 is 0 Å². The third-order valence-corrected chi connectivity index (χ3v) is 3.85. The van der Waals surface area contributed by atoms with Crippen molar-refractivity contribution < 1.29 is 4.92 Å². The maximum Gasteiger partial charge on any atom is 0.293 e. The molecule has 1 fully saturated rings. The molecule has 3 rings (SSSR count). The van der Waals surface area contributed by atoms with E-state index in [1.165, 1.54) is 12.4 Å². The van der Waals surface area contributed by atoms with Crippen LogP contribution in [0.5, 0.6) is 0 Å². The molecule has 1 aromatic carbocycles. The number of nitrogens with one attached hydrogen (secondary N) is 2. The van der Waals surface area contributed by atoms with E-state index in [0.717, 1.165) is 19.3 Å². The highest BCUT2D eigenvalue weighted by molar-refractivity contribution is 5.86. The average molecular weight is 274 g/mol. The Bertz CT molecular complexity index is 749. The van der Waals surface area contributed by atoms with Gasteiger partial charge in [-0.15, -0.1) is 0 Å². The fourth-order valence-corrected chi connectivity index (χ4v) is 2.51. The largest absolute Gasteiger partial charge is 0.374 e. The maximum atomic E-state index is 11.7. The number of hydrogen-bond acceptors (Lipinski definition) is 5. The second kappa shape index (κ2) is 4.29. The molecule has 1 aromatic heterocycles. The number of nitrogens with zero attached hydrogens (tertiary/aromatic N) is 2. The van der Waals surface area contributed by atoms with Gasteiger partial charge in [-0.05, 0) is 32.3 Å². The van der Waals surface area contributed by atoms with Crippen molar-refractivity contribution in [2.75, 3.05) is 5.32 Å². The van der Waals surface area contributed by atoms with Crippen LogP contribution >= 0.6 is 0 Å². The SMILES string of the molecule is CC1(Nc2cc3nc[nH]c(=O)c3cc2[N+](=O)[O-])CCC1. The van der Waals surface area contributed by atoms with Crippen molar-refractivity contribution in [2.45, 2.75) is 31.7 Å². The van der Waals surface area contributed by atoms with E-state index in [2.05, 4.69) is 15.3 Å². The van der Waals surface area contributed by atoms with Gasteiger partial charge in [0.05, 0.1) is 22.2 Å². The summed E-state index contributed by atoms with van der Waals surface area (Å²) >= 11 is 0. The monoisotopic (exact) mass is 274 g/mol. The van der Waals surface area contributed by atoms with Gasteiger partial charge in [0.2, 0.25) is 0 Å². The molecule has 0 bridgehead atoms. The molecule has 0 saturated heterocycles. The van der Waals surface area contributed by atoms with Gasteiger partial charge in [0.15, 0.2) is 0 Å². The lowest BCUT2D eigenvalue weighted by Crippen LogP contribution is -2.41. The minimum absolute atomic E-state index is 0.0934. The molecule has 1 heterocycles. The number of fused-ring (bicyclic) bond motifs is 1. The highest BCUT2D eigenvalue weighted by Gasteiger charge is 2.33. The van der Waals surface area contributed by atoms with E-state index < -0.39 is 4.92 Å². The van der Waals surface area contributed by atoms with Crippen LogP contribution in [0.3, 0.4) is 0 Å². The molecule has 0 radical (unpaired) electrons. The topological polar surface area (TPSA) is 101 Å². The van der Waals surface area contributed by atoms with Gasteiger partial charge < -0.3 is 10.3 Å². The van der Waals surface area contributed by atoms with Gasteiger partial charge in [0.25, 0.3) is 11.2 Å². The second-order valence-electron chi connectivity index (χ2n) is 5.41. The van der Waals surface area contributed by atoms with Gasteiger partial charge in [-0.1, -0.05) is 0 Å². The number of H-pyrrole nitrogens is 1. The summed E-state index contributed by atoms with van der Waals surface area (Å²) in [5.74, 6) is 0. The standard InChI is InChI=1S/C13H14N4O3/c1-13(3-2-4-13)16-10-6-9-8(5-11(10)17(19)20)12(18)15-7-14-9/h5-7,16H,2-4H2,1H3,(H,14,15,18). The number of hydrogen-bond donors (Lipinski definition) is 2. The number of rotatable bonds is 3. The smallest absolute Gasteiger partial charge is 0.293 e. The Morgan fingerprint density at radius 3 is 2.80 bits per heavy atom. The van der Waals surface area contributed by atoms with E-state index in [0.29, 0.717) is 11.2 Å². The molecular weight excluding hydrogens is 260 g/mol. The Balaban J connectivity index is 2.16. The lowest BCUT2D eigenvalue weighted by molar-refractivity contribution is -0.383. The molecule has 1 aliphatic rings. The third kappa shape index (κ3) is 2.01. The fraction of sp³-hybridized carbons (Fsp3) is 0.385. The molecule has 0 atom stereocenters. The molecule has 7 nitrogen and oxygen atoms in total. The zero-order valence-electron chi connectivity index (χ0n) is 11.0. The van der Waals surface area contributed by atoms with Crippen LogP contribution in [0.15, 0.2) is 23.3 Å². The van der Waals surface area contributed by atoms with E-state index in [-0.39, 0.29) is 22.2 Å². The number of nitro groups is 1. The van der Waals surface area contributed by atoms with Crippen molar-refractivity contribution in [3.63, 3.8) is 0 Å². The van der Waals surface area contributed by atoms with Gasteiger partial charge >= 0.3 is 0 Å². The van der Waals surface area contributed by atoms with Gasteiger partial charge in [-0.2, -0.15) is 0 Å². The fourth-order valence-electron chi connectivity index (χ4n) is 2.51. The first-order chi connectivity index (χ1) is 9.48. The van der Waals surface area contributed by atoms with Crippen LogP contribution in [-0.2, 0) is 0 Å². The van der Waals surface area contributed by atoms with Crippen molar-refractivity contribution in [3.8, 4) is 0 Å². The quantitative estimate of drug-likeness (QED) is 0.660. The number of aromatic nitrogens is 2. The van der Waals surface area contributed by atoms with Gasteiger partial charge in [0.1, 0.15) is 5.69 Å². The van der Waals surface area contributed by atoms with Gasteiger partial charge in [0, 0.05) is 11.6 Å². The number of anilines is 1. The van der Waals surface area contributed by atoms with Crippen LogP contribution in [-0.4, -0.2) is 20.4 Å². The normalized spacial score (nSPS) is 16.6. The van der Waals surface area contributed by atoms with Crippen molar-refractivity contribution in [1.82, 2.24) is 9.97 Å². The Morgan fingerprint density at radius 2 is 2.20 bits per heavy atom. The molecule has 2 N–H and O–H groups in total. The van der Waals surface area contributed by atoms with Crippen molar-refractivity contribution in [1.29, 1.82) is 0 Å². The minimum atomic E-state index is -0.476. The molecule has 104 valence electrons. The summed E-state index contributed by atoms with van der Waals surface area (Å²) in [5, 5.41) is 14.6. The Labute approximate surface area is 114 Å². The predicted octanol–water partition coefficient (Wildman–Crippen LogP) is 2.19. The zero-order chi connectivity index (χ0) is 14.3. The molecule has 20 heavy (non-hydrogen) atoms. The lowest BCUT2D eigenvalue weighted by atomic mass is 9.78. The number of benzene rings is 1. The zero-order valence-corrected chi connectivity index (χ0v) is 11.0. The third-order valence-electron chi connectivity index (χ3n) is 3.85. The minimum Gasteiger partial charge on any atom is -0.374 e. The summed E-state index contributed by atoms with van der Waals surface area (Å²) in [6.45, 7) is 2.04. The lowest BCUT2D eigenvalue weighted by Gasteiger charge is -2.39. The van der Waals surface area contributed by atoms with Crippen LogP contribution in [0.25, 0.3) is 10.9 Å². The van der Waals surface area contributed by atoms with Crippen molar-refractivity contribution >= 4 is 22.3 Å². The van der Waals surface area contributed by atoms with E-state index in [1.807, 2.05) is 6.92 Å². The molecule has 1 saturated carbocycles. The average Bonchev–Trinajstić information content (AvgIpc) is 2.36. The second-order valence-corrected chi connectivity index (χ2v) is 5.41. The summed E-state index contributed by atoms with van der Waals surface area (Å²) in [4.78, 5) is 28.9. The van der Waals surface area contributed by atoms with E-state index in [4.69, 9.17) is 0 Å². The highest BCUT2D eigenvalue weighted by atomic mass is 16.6. The molecular formula is C13H14N4O3. The van der Waals surface area contributed by atoms with Crippen LogP contribution in [0.2, 0.25) is 0 Å². The molecule has 0 unspecified atom stereocenters. The predicted molar refractivity (Wildman–Crippen MR) is 74.9 cm³/mol. The number of aromatic amines is 1. The van der Waals surface area contributed by atoms with Crippen LogP contribution < -0.4 is 10.9 Å². The summed E-state index contributed by atoms with van der Waals surface area (Å²) in [7, 11) is 0. The van der Waals surface area contributed by atoms with Gasteiger partial charge in [-0.25, -0.2) is 4.98 Å². The van der Waals surface area contributed by atoms with E-state index in [9.17, 15) is 14.9 Å². The molecule has 7 heteroatoms. The van der Waals surface area contributed by atoms with E-state index in [1.54, 1.807) is 6.07 Å². The highest BCUT2D eigenvalue weighted by Crippen LogP contribution is 2.38. The molecule has 2 aromatic rings. The van der Waals surface area contributed by atoms with Crippen LogP contribution in [0, 0.1) is 10.1 Å². The summed E-state index contributed by atoms with van der Waals surface area (Å²) in [6.07, 6.45) is 4.37. The van der Waals surface area contributed by atoms with Crippen molar-refractivity contribution in [3.05, 3.63) is 38.9 Å². The maximum absolute atomic E-state index is 11.7. The summed E-state index contributed by atoms with van der Waals surface area (Å²) in [5.41, 5.74) is 0.288. The van der Waals surface area contributed by atoms with Crippen LogP contribution in [0.1, 0.15) is 26.2 Å². The summed E-state index contributed by atoms with van der Waals surface area (Å²) < 4.78 is 0. The van der Waals surface area contributed by atoms with Crippen LogP contribution in [0.4, 0.5) is 11.4 Å². The first kappa shape index (κ1) is 12.6. The number of nitro benzene ring substituents is 1. The molecule has 1 aliphatic carbocycles. The Hall–Kier alpha value is -2.44. The first-order valence-electron chi connectivity index (χ1n) is 6.43. The summed E-state index contributed by atoms with van der Waals surface area (Å²) in [6, 6.07) is 2.86. The Morgan fingerprint density at radius 1 is 1.45 bits per heavy atom.